The topological polar surface area (TPSA) is 85.6 Å². The van der Waals surface area contributed by atoms with Gasteiger partial charge < -0.3 is 11.1 Å². The number of nitrogens with two attached hydrogens (primary N) is 1. The summed E-state index contributed by atoms with van der Waals surface area (Å²) in [7, 11) is 0. The van der Waals surface area contributed by atoms with Gasteiger partial charge in [0, 0.05) is 6.54 Å². The Kier molecular flexibility index (Phi) is 3.32. The van der Waals surface area contributed by atoms with Gasteiger partial charge in [-0.1, -0.05) is 6.08 Å². The Labute approximate surface area is 88.2 Å². The lowest BCUT2D eigenvalue weighted by Crippen LogP contribution is -2.03. The van der Waals surface area contributed by atoms with E-state index < -0.39 is 0 Å². The standard InChI is InChI=1S/C11H10N4/c1-2-3-15-11-5-9(7-13)8(6-12)4-10(11)14/h2,4-5,15H,1,3,14H2. The second-order valence-corrected chi connectivity index (χ2v) is 2.88. The second kappa shape index (κ2) is 4.69. The maximum Gasteiger partial charge on any atom is 0.101 e. The molecule has 4 heteroatoms. The van der Waals surface area contributed by atoms with Gasteiger partial charge in [-0.15, -0.1) is 6.58 Å². The SMILES string of the molecule is C=CCNc1cc(C#N)c(C#N)cc1N. The van der Waals surface area contributed by atoms with Gasteiger partial charge in [0.05, 0.1) is 22.5 Å². The first-order chi connectivity index (χ1) is 7.22. The quantitative estimate of drug-likeness (QED) is 0.570. The van der Waals surface area contributed by atoms with Crippen LogP contribution < -0.4 is 11.1 Å². The van der Waals surface area contributed by atoms with Crippen LogP contribution in [0.1, 0.15) is 11.1 Å². The van der Waals surface area contributed by atoms with Crippen LogP contribution >= 0.6 is 0 Å². The predicted molar refractivity (Wildman–Crippen MR) is 59.0 cm³/mol. The molecule has 3 N–H and O–H groups in total. The highest BCUT2D eigenvalue weighted by atomic mass is 14.9. The van der Waals surface area contributed by atoms with E-state index in [4.69, 9.17) is 16.3 Å². The fraction of sp³-hybridized carbons (Fsp3) is 0.0909. The normalized spacial score (nSPS) is 8.67. The number of benzene rings is 1. The Balaban J connectivity index is 3.16. The summed E-state index contributed by atoms with van der Waals surface area (Å²) in [5.41, 5.74) is 7.41. The molecule has 0 amide bonds. The molecule has 74 valence electrons. The van der Waals surface area contributed by atoms with Crippen molar-refractivity contribution in [1.29, 1.82) is 10.5 Å². The molecule has 0 unspecified atom stereocenters. The van der Waals surface area contributed by atoms with Crippen LogP contribution in [-0.4, -0.2) is 6.54 Å². The van der Waals surface area contributed by atoms with Gasteiger partial charge in [-0.3, -0.25) is 0 Å². The number of nitriles is 2. The van der Waals surface area contributed by atoms with Crippen molar-refractivity contribution >= 4 is 11.4 Å². The lowest BCUT2D eigenvalue weighted by atomic mass is 10.1. The van der Waals surface area contributed by atoms with Crippen LogP contribution in [-0.2, 0) is 0 Å². The molecule has 0 atom stereocenters. The number of hydrogen-bond donors (Lipinski definition) is 2. The molecule has 0 bridgehead atoms. The average Bonchev–Trinajstić information content (AvgIpc) is 2.27. The fourth-order valence-corrected chi connectivity index (χ4v) is 1.14. The minimum absolute atomic E-state index is 0.291. The third-order valence-electron chi connectivity index (χ3n) is 1.87. The first-order valence-corrected chi connectivity index (χ1v) is 4.31. The van der Waals surface area contributed by atoms with Gasteiger partial charge in [0.1, 0.15) is 12.1 Å². The van der Waals surface area contributed by atoms with E-state index in [0.717, 1.165) is 0 Å². The first-order valence-electron chi connectivity index (χ1n) is 4.31. The monoisotopic (exact) mass is 198 g/mol. The van der Waals surface area contributed by atoms with Gasteiger partial charge in [-0.2, -0.15) is 10.5 Å². The largest absolute Gasteiger partial charge is 0.397 e. The zero-order valence-corrected chi connectivity index (χ0v) is 8.12. The third kappa shape index (κ3) is 2.26. The molecule has 0 aliphatic heterocycles. The number of nitrogens with one attached hydrogen (secondary N) is 1. The molecule has 0 aliphatic rings. The van der Waals surface area contributed by atoms with Crippen molar-refractivity contribution in [1.82, 2.24) is 0 Å². The summed E-state index contributed by atoms with van der Waals surface area (Å²) in [6, 6.07) is 6.92. The Morgan fingerprint density at radius 2 is 1.93 bits per heavy atom. The molecule has 0 heterocycles. The first kappa shape index (κ1) is 10.6. The molecule has 0 fully saturated rings. The summed E-state index contributed by atoms with van der Waals surface area (Å²) in [6.07, 6.45) is 1.68. The summed E-state index contributed by atoms with van der Waals surface area (Å²) in [5.74, 6) is 0. The zero-order valence-electron chi connectivity index (χ0n) is 8.12. The molecular formula is C11H10N4. The Hall–Kier alpha value is -2.46. The van der Waals surface area contributed by atoms with Gasteiger partial charge in [-0.05, 0) is 12.1 Å². The van der Waals surface area contributed by atoms with Crippen molar-refractivity contribution in [3.8, 4) is 12.1 Å². The summed E-state index contributed by atoms with van der Waals surface area (Å²) < 4.78 is 0. The van der Waals surface area contributed by atoms with Crippen LogP contribution in [0.4, 0.5) is 11.4 Å². The number of anilines is 2. The van der Waals surface area contributed by atoms with Crippen LogP contribution in [0.2, 0.25) is 0 Å². The van der Waals surface area contributed by atoms with Crippen molar-refractivity contribution < 1.29 is 0 Å². The van der Waals surface area contributed by atoms with E-state index in [1.165, 1.54) is 6.07 Å². The molecule has 1 aromatic rings. The van der Waals surface area contributed by atoms with Gasteiger partial charge in [-0.25, -0.2) is 0 Å². The highest BCUT2D eigenvalue weighted by molar-refractivity contribution is 5.72. The van der Waals surface area contributed by atoms with Crippen LogP contribution in [0.15, 0.2) is 24.8 Å². The lowest BCUT2D eigenvalue weighted by Gasteiger charge is -2.08. The van der Waals surface area contributed by atoms with Gasteiger partial charge in [0.15, 0.2) is 0 Å². The van der Waals surface area contributed by atoms with Crippen molar-refractivity contribution in [3.63, 3.8) is 0 Å². The van der Waals surface area contributed by atoms with E-state index in [1.54, 1.807) is 12.1 Å². The molecule has 1 rings (SSSR count). The minimum Gasteiger partial charge on any atom is -0.397 e. The molecular weight excluding hydrogens is 188 g/mol. The fourth-order valence-electron chi connectivity index (χ4n) is 1.14. The Morgan fingerprint density at radius 1 is 1.33 bits per heavy atom. The molecule has 0 aliphatic carbocycles. The molecule has 0 saturated carbocycles. The number of hydrogen-bond acceptors (Lipinski definition) is 4. The van der Waals surface area contributed by atoms with E-state index in [9.17, 15) is 0 Å². The van der Waals surface area contributed by atoms with Crippen LogP contribution in [0, 0.1) is 22.7 Å². The van der Waals surface area contributed by atoms with E-state index in [0.29, 0.717) is 29.0 Å². The van der Waals surface area contributed by atoms with E-state index in [1.807, 2.05) is 12.1 Å². The van der Waals surface area contributed by atoms with Gasteiger partial charge >= 0.3 is 0 Å². The summed E-state index contributed by atoms with van der Waals surface area (Å²) in [4.78, 5) is 0. The highest BCUT2D eigenvalue weighted by Crippen LogP contribution is 2.22. The van der Waals surface area contributed by atoms with E-state index in [2.05, 4.69) is 11.9 Å². The maximum atomic E-state index is 8.80. The van der Waals surface area contributed by atoms with Crippen LogP contribution in [0.3, 0.4) is 0 Å². The summed E-state index contributed by atoms with van der Waals surface area (Å²) in [6.45, 7) is 4.12. The number of rotatable bonds is 3. The Morgan fingerprint density at radius 3 is 2.47 bits per heavy atom. The maximum absolute atomic E-state index is 8.80. The smallest absolute Gasteiger partial charge is 0.101 e. The lowest BCUT2D eigenvalue weighted by molar-refractivity contribution is 1.33. The van der Waals surface area contributed by atoms with E-state index >= 15 is 0 Å². The van der Waals surface area contributed by atoms with Crippen LogP contribution in [0.25, 0.3) is 0 Å². The Bertz CT molecular complexity index is 463. The van der Waals surface area contributed by atoms with Gasteiger partial charge in [0.2, 0.25) is 0 Å². The zero-order chi connectivity index (χ0) is 11.3. The molecule has 0 spiro atoms. The van der Waals surface area contributed by atoms with Crippen molar-refractivity contribution in [3.05, 3.63) is 35.9 Å². The second-order valence-electron chi connectivity index (χ2n) is 2.88. The average molecular weight is 198 g/mol. The van der Waals surface area contributed by atoms with Crippen LogP contribution in [0.5, 0.6) is 0 Å². The predicted octanol–water partition coefficient (Wildman–Crippen LogP) is 1.61. The van der Waals surface area contributed by atoms with Crippen molar-refractivity contribution in [2.75, 3.05) is 17.6 Å². The summed E-state index contributed by atoms with van der Waals surface area (Å²) >= 11 is 0. The molecule has 0 saturated heterocycles. The molecule has 0 radical (unpaired) electrons. The molecule has 4 nitrogen and oxygen atoms in total. The minimum atomic E-state index is 0.291. The molecule has 1 aromatic carbocycles. The number of nitrogen functional groups attached to an aromatic ring is 1. The highest BCUT2D eigenvalue weighted by Gasteiger charge is 2.06. The van der Waals surface area contributed by atoms with Crippen molar-refractivity contribution in [2.24, 2.45) is 0 Å². The van der Waals surface area contributed by atoms with Crippen molar-refractivity contribution in [2.45, 2.75) is 0 Å². The number of nitrogens with zero attached hydrogens (tertiary/aromatic N) is 2. The van der Waals surface area contributed by atoms with E-state index in [-0.39, 0.29) is 0 Å². The molecule has 0 aromatic heterocycles. The third-order valence-corrected chi connectivity index (χ3v) is 1.87. The molecule has 15 heavy (non-hydrogen) atoms. The van der Waals surface area contributed by atoms with Gasteiger partial charge in [0.25, 0.3) is 0 Å². The summed E-state index contributed by atoms with van der Waals surface area (Å²) in [5, 5.41) is 20.5.